The molecule has 0 bridgehead atoms. The number of likely N-dealkylation sites (tertiary alicyclic amines) is 1. The van der Waals surface area contributed by atoms with Gasteiger partial charge in [0, 0.05) is 24.5 Å². The van der Waals surface area contributed by atoms with Crippen molar-refractivity contribution >= 4 is 17.5 Å². The normalized spacial score (nSPS) is 25.8. The highest BCUT2D eigenvalue weighted by molar-refractivity contribution is 6.30. The van der Waals surface area contributed by atoms with E-state index < -0.39 is 5.60 Å². The number of rotatable bonds is 3. The first kappa shape index (κ1) is 18.5. The van der Waals surface area contributed by atoms with E-state index in [2.05, 4.69) is 0 Å². The van der Waals surface area contributed by atoms with Gasteiger partial charge in [-0.1, -0.05) is 11.6 Å². The lowest BCUT2D eigenvalue weighted by atomic mass is 9.78. The zero-order valence-electron chi connectivity index (χ0n) is 14.9. The lowest BCUT2D eigenvalue weighted by molar-refractivity contribution is -0.175. The molecule has 2 saturated heterocycles. The Morgan fingerprint density at radius 1 is 1.36 bits per heavy atom. The summed E-state index contributed by atoms with van der Waals surface area (Å²) in [6.45, 7) is 5.66. The molecule has 1 aromatic carbocycles. The van der Waals surface area contributed by atoms with Crippen LogP contribution in [-0.4, -0.2) is 53.4 Å². The van der Waals surface area contributed by atoms with Gasteiger partial charge in [0.15, 0.2) is 6.61 Å². The monoisotopic (exact) mass is 367 g/mol. The van der Waals surface area contributed by atoms with Gasteiger partial charge in [-0.15, -0.1) is 0 Å². The number of piperidine rings is 1. The summed E-state index contributed by atoms with van der Waals surface area (Å²) in [6, 6.07) is 5.36. The number of aliphatic hydroxyl groups is 1. The number of benzene rings is 1. The Bertz CT molecular complexity index is 638. The van der Waals surface area contributed by atoms with Gasteiger partial charge < -0.3 is 19.5 Å². The molecule has 0 aliphatic carbocycles. The topological polar surface area (TPSA) is 59.0 Å². The molecule has 1 N–H and O–H groups in total. The maximum absolute atomic E-state index is 12.4. The number of amides is 1. The fourth-order valence-electron chi connectivity index (χ4n) is 3.81. The first-order valence-corrected chi connectivity index (χ1v) is 9.20. The first-order valence-electron chi connectivity index (χ1n) is 8.82. The number of hydrogen-bond donors (Lipinski definition) is 1. The Labute approximate surface area is 153 Å². The quantitative estimate of drug-likeness (QED) is 0.892. The molecule has 1 atom stereocenters. The Kier molecular flexibility index (Phi) is 5.28. The van der Waals surface area contributed by atoms with Crippen LogP contribution in [0.1, 0.15) is 38.2 Å². The van der Waals surface area contributed by atoms with E-state index in [1.807, 2.05) is 24.8 Å². The van der Waals surface area contributed by atoms with Gasteiger partial charge in [0.2, 0.25) is 0 Å². The lowest BCUT2D eigenvalue weighted by Crippen LogP contribution is -2.54. The number of hydrogen-bond acceptors (Lipinski definition) is 4. The van der Waals surface area contributed by atoms with Crippen molar-refractivity contribution in [3.63, 3.8) is 0 Å². The molecule has 0 aromatic heterocycles. The fourth-order valence-corrected chi connectivity index (χ4v) is 4.04. The lowest BCUT2D eigenvalue weighted by Gasteiger charge is -2.48. The number of ether oxygens (including phenoxy) is 2. The van der Waals surface area contributed by atoms with Crippen molar-refractivity contribution in [2.45, 2.75) is 50.7 Å². The van der Waals surface area contributed by atoms with Crippen molar-refractivity contribution < 1.29 is 19.4 Å². The second-order valence-corrected chi connectivity index (χ2v) is 7.97. The minimum absolute atomic E-state index is 0.0215. The van der Waals surface area contributed by atoms with Crippen LogP contribution in [0.3, 0.4) is 0 Å². The van der Waals surface area contributed by atoms with Crippen molar-refractivity contribution in [1.82, 2.24) is 4.90 Å². The number of aryl methyl sites for hydroxylation is 1. The van der Waals surface area contributed by atoms with Crippen LogP contribution in [0.2, 0.25) is 5.02 Å². The van der Waals surface area contributed by atoms with Crippen molar-refractivity contribution in [3.8, 4) is 5.75 Å². The molecule has 2 fully saturated rings. The van der Waals surface area contributed by atoms with E-state index in [1.54, 1.807) is 12.1 Å². The van der Waals surface area contributed by atoms with Crippen LogP contribution in [0.4, 0.5) is 0 Å². The first-order chi connectivity index (χ1) is 11.8. The molecule has 2 heterocycles. The number of halogens is 1. The molecule has 1 unspecified atom stereocenters. The number of carbonyl (C=O) groups is 1. The average Bonchev–Trinajstić information content (AvgIpc) is 2.53. The molecule has 2 aliphatic rings. The van der Waals surface area contributed by atoms with E-state index in [9.17, 15) is 9.90 Å². The number of nitrogens with zero attached hydrogens (tertiary/aromatic N) is 1. The van der Waals surface area contributed by atoms with E-state index in [0.29, 0.717) is 43.3 Å². The van der Waals surface area contributed by atoms with Crippen molar-refractivity contribution in [1.29, 1.82) is 0 Å². The Hall–Kier alpha value is -1.30. The molecule has 2 aliphatic heterocycles. The van der Waals surface area contributed by atoms with E-state index in [1.165, 1.54) is 0 Å². The minimum Gasteiger partial charge on any atom is -0.483 e. The van der Waals surface area contributed by atoms with Gasteiger partial charge >= 0.3 is 0 Å². The third-order valence-corrected chi connectivity index (χ3v) is 5.50. The molecule has 6 heteroatoms. The summed E-state index contributed by atoms with van der Waals surface area (Å²) in [6.07, 6.45) is 2.83. The summed E-state index contributed by atoms with van der Waals surface area (Å²) < 4.78 is 11.6. The van der Waals surface area contributed by atoms with Gasteiger partial charge in [0.05, 0.1) is 17.8 Å². The summed E-state index contributed by atoms with van der Waals surface area (Å²) in [5.74, 6) is 0.657. The van der Waals surface area contributed by atoms with Crippen LogP contribution >= 0.6 is 11.6 Å². The summed E-state index contributed by atoms with van der Waals surface area (Å²) >= 11 is 5.93. The van der Waals surface area contributed by atoms with Crippen molar-refractivity contribution in [3.05, 3.63) is 28.8 Å². The summed E-state index contributed by atoms with van der Waals surface area (Å²) in [7, 11) is 0. The van der Waals surface area contributed by atoms with Crippen LogP contribution in [-0.2, 0) is 9.53 Å². The molecule has 1 spiro atoms. The standard InChI is InChI=1S/C19H26ClNO4/c1-14-11-15(20)3-4-16(14)24-12-17(22)21-8-5-19(6-9-21)13-18(2,23)7-10-25-19/h3-4,11,23H,5-10,12-13H2,1-2H3. The highest BCUT2D eigenvalue weighted by Gasteiger charge is 2.44. The van der Waals surface area contributed by atoms with Gasteiger partial charge in [-0.3, -0.25) is 4.79 Å². The highest BCUT2D eigenvalue weighted by atomic mass is 35.5. The smallest absolute Gasteiger partial charge is 0.260 e. The molecule has 138 valence electrons. The van der Waals surface area contributed by atoms with Crippen molar-refractivity contribution in [2.75, 3.05) is 26.3 Å². The Morgan fingerprint density at radius 2 is 2.08 bits per heavy atom. The van der Waals surface area contributed by atoms with Crippen LogP contribution < -0.4 is 4.74 Å². The molecule has 0 saturated carbocycles. The minimum atomic E-state index is -0.667. The molecule has 1 amide bonds. The summed E-state index contributed by atoms with van der Waals surface area (Å²) in [5.41, 5.74) is -0.0399. The summed E-state index contributed by atoms with van der Waals surface area (Å²) in [5, 5.41) is 11.0. The molecular formula is C19H26ClNO4. The largest absolute Gasteiger partial charge is 0.483 e. The van der Waals surface area contributed by atoms with Crippen LogP contribution in [0.5, 0.6) is 5.75 Å². The maximum atomic E-state index is 12.4. The number of carbonyl (C=O) groups excluding carboxylic acids is 1. The maximum Gasteiger partial charge on any atom is 0.260 e. The van der Waals surface area contributed by atoms with Crippen LogP contribution in [0.15, 0.2) is 18.2 Å². The molecule has 3 rings (SSSR count). The third kappa shape index (κ3) is 4.46. The SMILES string of the molecule is Cc1cc(Cl)ccc1OCC(=O)N1CCC2(CC1)CC(C)(O)CCO2. The van der Waals surface area contributed by atoms with E-state index in [4.69, 9.17) is 21.1 Å². The zero-order valence-corrected chi connectivity index (χ0v) is 15.6. The van der Waals surface area contributed by atoms with Gasteiger partial charge in [0.25, 0.3) is 5.91 Å². The Morgan fingerprint density at radius 3 is 2.72 bits per heavy atom. The second-order valence-electron chi connectivity index (χ2n) is 7.53. The predicted molar refractivity (Wildman–Crippen MR) is 96.0 cm³/mol. The van der Waals surface area contributed by atoms with Crippen LogP contribution in [0.25, 0.3) is 0 Å². The van der Waals surface area contributed by atoms with Gasteiger partial charge in [-0.25, -0.2) is 0 Å². The van der Waals surface area contributed by atoms with Crippen LogP contribution in [0, 0.1) is 6.92 Å². The van der Waals surface area contributed by atoms with Gasteiger partial charge in [-0.05, 0) is 56.9 Å². The molecular weight excluding hydrogens is 342 g/mol. The highest BCUT2D eigenvalue weighted by Crippen LogP contribution is 2.39. The van der Waals surface area contributed by atoms with Gasteiger partial charge in [-0.2, -0.15) is 0 Å². The molecule has 1 aromatic rings. The predicted octanol–water partition coefficient (Wildman–Crippen LogP) is 2.95. The molecule has 0 radical (unpaired) electrons. The van der Waals surface area contributed by atoms with E-state index in [0.717, 1.165) is 18.4 Å². The Balaban J connectivity index is 1.51. The summed E-state index contributed by atoms with van der Waals surface area (Å²) in [4.78, 5) is 14.3. The average molecular weight is 368 g/mol. The second kappa shape index (κ2) is 7.14. The molecule has 25 heavy (non-hydrogen) atoms. The van der Waals surface area contributed by atoms with E-state index in [-0.39, 0.29) is 18.1 Å². The fraction of sp³-hybridized carbons (Fsp3) is 0.632. The third-order valence-electron chi connectivity index (χ3n) is 5.27. The zero-order chi connectivity index (χ0) is 18.1. The van der Waals surface area contributed by atoms with E-state index >= 15 is 0 Å². The molecule has 5 nitrogen and oxygen atoms in total. The van der Waals surface area contributed by atoms with Gasteiger partial charge in [0.1, 0.15) is 5.75 Å². The van der Waals surface area contributed by atoms with Crippen molar-refractivity contribution in [2.24, 2.45) is 0 Å².